The molecule has 3 aliphatic heterocycles. The Labute approximate surface area is 129 Å². The molecule has 4 heteroatoms. The van der Waals surface area contributed by atoms with Crippen molar-refractivity contribution in [3.63, 3.8) is 0 Å². The predicted molar refractivity (Wildman–Crippen MR) is 84.3 cm³/mol. The lowest BCUT2D eigenvalue weighted by molar-refractivity contribution is -0.116. The van der Waals surface area contributed by atoms with Crippen LogP contribution in [0.15, 0.2) is 0 Å². The van der Waals surface area contributed by atoms with E-state index in [4.69, 9.17) is 0 Å². The summed E-state index contributed by atoms with van der Waals surface area (Å²) in [4.78, 5) is 8.02. The minimum Gasteiger partial charge on any atom is -0.392 e. The Morgan fingerprint density at radius 1 is 1.10 bits per heavy atom. The smallest absolute Gasteiger partial charge is 0.0682 e. The zero-order valence-corrected chi connectivity index (χ0v) is 13.7. The van der Waals surface area contributed by atoms with E-state index >= 15 is 0 Å². The third kappa shape index (κ3) is 2.76. The molecule has 3 heterocycles. The van der Waals surface area contributed by atoms with Gasteiger partial charge in [0.05, 0.1) is 11.6 Å². The summed E-state index contributed by atoms with van der Waals surface area (Å²) in [5.41, 5.74) is 0.351. The van der Waals surface area contributed by atoms with Crippen LogP contribution in [-0.2, 0) is 0 Å². The van der Waals surface area contributed by atoms with Crippen LogP contribution in [0, 0.1) is 11.8 Å². The quantitative estimate of drug-likeness (QED) is 0.833. The summed E-state index contributed by atoms with van der Waals surface area (Å²) in [5, 5.41) is 10.1. The van der Waals surface area contributed by atoms with Crippen molar-refractivity contribution < 1.29 is 5.11 Å². The molecule has 0 aromatic heterocycles. The van der Waals surface area contributed by atoms with Crippen LogP contribution in [0.2, 0.25) is 0 Å². The van der Waals surface area contributed by atoms with Gasteiger partial charge in [-0.2, -0.15) is 0 Å². The normalized spacial score (nSPS) is 37.1. The summed E-state index contributed by atoms with van der Waals surface area (Å²) in [6, 6.07) is 0.593. The molecule has 4 nitrogen and oxygen atoms in total. The predicted octanol–water partition coefficient (Wildman–Crippen LogP) is 0.858. The second kappa shape index (κ2) is 5.19. The number of piperazine rings is 1. The molecule has 4 aliphatic rings. The summed E-state index contributed by atoms with van der Waals surface area (Å²) in [5.74, 6) is 1.74. The van der Waals surface area contributed by atoms with Crippen LogP contribution in [0.25, 0.3) is 0 Å². The van der Waals surface area contributed by atoms with E-state index in [0.29, 0.717) is 11.6 Å². The molecule has 0 unspecified atom stereocenters. The Bertz CT molecular complexity index is 389. The number of hydrogen-bond acceptors (Lipinski definition) is 4. The highest BCUT2D eigenvalue weighted by atomic mass is 16.3. The maximum Gasteiger partial charge on any atom is 0.0682 e. The second-order valence-electron chi connectivity index (χ2n) is 8.62. The molecule has 0 amide bonds. The van der Waals surface area contributed by atoms with Gasteiger partial charge in [-0.15, -0.1) is 0 Å². The van der Waals surface area contributed by atoms with Crippen LogP contribution in [0.1, 0.15) is 33.1 Å². The molecule has 0 radical (unpaired) electrons. The van der Waals surface area contributed by atoms with E-state index in [1.165, 1.54) is 52.1 Å². The van der Waals surface area contributed by atoms with Gasteiger partial charge in [0.1, 0.15) is 0 Å². The number of aliphatic hydroxyl groups excluding tert-OH is 1. The Balaban J connectivity index is 1.44. The summed E-state index contributed by atoms with van der Waals surface area (Å²) in [6.07, 6.45) is 3.80. The summed E-state index contributed by atoms with van der Waals surface area (Å²) < 4.78 is 0. The molecule has 3 saturated heterocycles. The van der Waals surface area contributed by atoms with Crippen molar-refractivity contribution in [1.29, 1.82) is 0 Å². The van der Waals surface area contributed by atoms with Gasteiger partial charge in [0.25, 0.3) is 0 Å². The molecule has 4 fully saturated rings. The molecule has 0 aromatic rings. The van der Waals surface area contributed by atoms with Crippen molar-refractivity contribution in [3.8, 4) is 0 Å². The van der Waals surface area contributed by atoms with Crippen molar-refractivity contribution >= 4 is 0 Å². The fourth-order valence-electron chi connectivity index (χ4n) is 5.03. The van der Waals surface area contributed by atoms with Gasteiger partial charge in [0, 0.05) is 51.9 Å². The van der Waals surface area contributed by atoms with Crippen LogP contribution >= 0.6 is 0 Å². The van der Waals surface area contributed by atoms with Gasteiger partial charge in [-0.05, 0) is 31.1 Å². The molecule has 2 atom stereocenters. The standard InChI is InChI=1S/C17H31N3O/c1-13(2)6-18-8-15-5-16(21)9-20(15)17(10-18)11-19(12-17)7-14-3-4-14/h13-16,21H,3-12H2,1-2H3/t15-,16-/m1/s1. The van der Waals surface area contributed by atoms with Crippen LogP contribution in [-0.4, -0.2) is 83.3 Å². The van der Waals surface area contributed by atoms with E-state index in [2.05, 4.69) is 28.5 Å². The first kappa shape index (κ1) is 14.4. The Morgan fingerprint density at radius 3 is 2.48 bits per heavy atom. The fourth-order valence-corrected chi connectivity index (χ4v) is 5.03. The highest BCUT2D eigenvalue weighted by Gasteiger charge is 2.56. The lowest BCUT2D eigenvalue weighted by Gasteiger charge is -2.61. The van der Waals surface area contributed by atoms with E-state index in [1.807, 2.05) is 0 Å². The second-order valence-corrected chi connectivity index (χ2v) is 8.62. The van der Waals surface area contributed by atoms with Crippen molar-refractivity contribution in [2.75, 3.05) is 45.8 Å². The number of fused-ring (bicyclic) bond motifs is 2. The van der Waals surface area contributed by atoms with Gasteiger partial charge in [-0.3, -0.25) is 14.7 Å². The third-order valence-electron chi connectivity index (χ3n) is 5.86. The Hall–Kier alpha value is -0.160. The van der Waals surface area contributed by atoms with Crippen molar-refractivity contribution in [3.05, 3.63) is 0 Å². The molecule has 1 N–H and O–H groups in total. The minimum absolute atomic E-state index is 0.0941. The van der Waals surface area contributed by atoms with E-state index in [-0.39, 0.29) is 6.10 Å². The minimum atomic E-state index is -0.0941. The molecule has 1 aliphatic carbocycles. The first-order valence-corrected chi connectivity index (χ1v) is 8.93. The molecule has 21 heavy (non-hydrogen) atoms. The average molecular weight is 293 g/mol. The summed E-state index contributed by atoms with van der Waals surface area (Å²) in [6.45, 7) is 13.0. The fraction of sp³-hybridized carbons (Fsp3) is 1.00. The monoisotopic (exact) mass is 293 g/mol. The van der Waals surface area contributed by atoms with E-state index in [0.717, 1.165) is 24.8 Å². The first-order chi connectivity index (χ1) is 10.0. The lowest BCUT2D eigenvalue weighted by atomic mass is 9.83. The zero-order valence-electron chi connectivity index (χ0n) is 13.7. The molecular formula is C17H31N3O. The molecule has 1 spiro atoms. The van der Waals surface area contributed by atoms with Gasteiger partial charge in [-0.25, -0.2) is 0 Å². The number of β-amino-alcohol motifs (C(OH)–C–C–N with tert-alkyl or cyclic N) is 1. The summed E-state index contributed by atoms with van der Waals surface area (Å²) >= 11 is 0. The molecular weight excluding hydrogens is 262 g/mol. The van der Waals surface area contributed by atoms with Gasteiger partial charge in [0.15, 0.2) is 0 Å². The first-order valence-electron chi connectivity index (χ1n) is 8.93. The maximum absolute atomic E-state index is 10.1. The highest BCUT2D eigenvalue weighted by molar-refractivity contribution is 5.13. The third-order valence-corrected chi connectivity index (χ3v) is 5.86. The van der Waals surface area contributed by atoms with Crippen molar-refractivity contribution in [1.82, 2.24) is 14.7 Å². The molecule has 1 saturated carbocycles. The van der Waals surface area contributed by atoms with Crippen LogP contribution < -0.4 is 0 Å². The molecule has 0 aromatic carbocycles. The average Bonchev–Trinajstić information content (AvgIpc) is 3.07. The number of aliphatic hydroxyl groups is 1. The summed E-state index contributed by atoms with van der Waals surface area (Å²) in [7, 11) is 0. The van der Waals surface area contributed by atoms with Gasteiger partial charge >= 0.3 is 0 Å². The topological polar surface area (TPSA) is 30.0 Å². The van der Waals surface area contributed by atoms with Crippen LogP contribution in [0.3, 0.4) is 0 Å². The van der Waals surface area contributed by atoms with Gasteiger partial charge < -0.3 is 5.11 Å². The van der Waals surface area contributed by atoms with Crippen molar-refractivity contribution in [2.24, 2.45) is 11.8 Å². The maximum atomic E-state index is 10.1. The van der Waals surface area contributed by atoms with Crippen LogP contribution in [0.5, 0.6) is 0 Å². The Kier molecular flexibility index (Phi) is 3.57. The Morgan fingerprint density at radius 2 is 1.81 bits per heavy atom. The molecule has 120 valence electrons. The van der Waals surface area contributed by atoms with Crippen LogP contribution in [0.4, 0.5) is 0 Å². The highest BCUT2D eigenvalue weighted by Crippen LogP contribution is 2.41. The zero-order chi connectivity index (χ0) is 14.6. The molecule has 4 rings (SSSR count). The number of nitrogens with zero attached hydrogens (tertiary/aromatic N) is 3. The van der Waals surface area contributed by atoms with Gasteiger partial charge in [0.2, 0.25) is 0 Å². The number of hydrogen-bond donors (Lipinski definition) is 1. The van der Waals surface area contributed by atoms with E-state index < -0.39 is 0 Å². The van der Waals surface area contributed by atoms with Gasteiger partial charge in [-0.1, -0.05) is 13.8 Å². The number of likely N-dealkylation sites (tertiary alicyclic amines) is 1. The lowest BCUT2D eigenvalue weighted by Crippen LogP contribution is -2.78. The van der Waals surface area contributed by atoms with E-state index in [9.17, 15) is 5.11 Å². The molecule has 0 bridgehead atoms. The SMILES string of the molecule is CC(C)CN1C[C@H]2C[C@@H](O)CN2C2(C1)CN(CC1CC1)C2. The van der Waals surface area contributed by atoms with Crippen molar-refractivity contribution in [2.45, 2.75) is 50.8 Å². The number of rotatable bonds is 4. The van der Waals surface area contributed by atoms with E-state index in [1.54, 1.807) is 0 Å². The largest absolute Gasteiger partial charge is 0.392 e.